The van der Waals surface area contributed by atoms with Gasteiger partial charge in [-0.25, -0.2) is 4.98 Å². The molecule has 88 valence electrons. The zero-order valence-electron chi connectivity index (χ0n) is 8.25. The van der Waals surface area contributed by atoms with Crippen LogP contribution in [0.3, 0.4) is 0 Å². The third kappa shape index (κ3) is 3.24. The molecule has 0 unspecified atom stereocenters. The van der Waals surface area contributed by atoms with Crippen LogP contribution in [-0.2, 0) is 6.42 Å². The molecule has 0 aliphatic carbocycles. The van der Waals surface area contributed by atoms with Crippen LogP contribution in [0, 0.1) is 22.7 Å². The van der Waals surface area contributed by atoms with E-state index in [0.29, 0.717) is 0 Å². The quantitative estimate of drug-likeness (QED) is 0.847. The molecule has 0 bridgehead atoms. The molecule has 17 heavy (non-hydrogen) atoms. The van der Waals surface area contributed by atoms with E-state index in [1.807, 2.05) is 0 Å². The summed E-state index contributed by atoms with van der Waals surface area (Å²) in [7, 11) is 0. The Morgan fingerprint density at radius 3 is 2.53 bits per heavy atom. The van der Waals surface area contributed by atoms with Crippen molar-refractivity contribution in [2.75, 3.05) is 5.73 Å². The Hall–Kier alpha value is -2.48. The van der Waals surface area contributed by atoms with Crippen LogP contribution in [0.1, 0.15) is 11.3 Å². The van der Waals surface area contributed by atoms with Gasteiger partial charge >= 0.3 is 6.36 Å². The van der Waals surface area contributed by atoms with E-state index in [0.717, 1.165) is 6.07 Å². The van der Waals surface area contributed by atoms with Crippen molar-refractivity contribution in [2.24, 2.45) is 0 Å². The van der Waals surface area contributed by atoms with Gasteiger partial charge in [-0.2, -0.15) is 10.5 Å². The van der Waals surface area contributed by atoms with Gasteiger partial charge in [0.1, 0.15) is 6.07 Å². The minimum Gasteiger partial charge on any atom is -0.396 e. The molecule has 0 radical (unpaired) electrons. The number of nitriles is 2. The summed E-state index contributed by atoms with van der Waals surface area (Å²) in [6.45, 7) is 0. The zero-order chi connectivity index (χ0) is 13.1. The maximum absolute atomic E-state index is 12.0. The van der Waals surface area contributed by atoms with Gasteiger partial charge in [0.15, 0.2) is 5.69 Å². The van der Waals surface area contributed by atoms with E-state index in [1.54, 1.807) is 6.07 Å². The maximum atomic E-state index is 12.0. The molecule has 0 amide bonds. The van der Waals surface area contributed by atoms with Crippen LogP contribution in [0.4, 0.5) is 18.9 Å². The van der Waals surface area contributed by atoms with Crippen LogP contribution in [0.15, 0.2) is 6.07 Å². The van der Waals surface area contributed by atoms with Crippen molar-refractivity contribution in [3.63, 3.8) is 0 Å². The first-order valence-electron chi connectivity index (χ1n) is 4.19. The van der Waals surface area contributed by atoms with Crippen LogP contribution in [0.25, 0.3) is 0 Å². The molecule has 1 aromatic heterocycles. The lowest BCUT2D eigenvalue weighted by Crippen LogP contribution is -2.18. The Labute approximate surface area is 93.8 Å². The number of hydrogen-bond acceptors (Lipinski definition) is 5. The molecule has 1 heterocycles. The van der Waals surface area contributed by atoms with E-state index >= 15 is 0 Å². The fourth-order valence-corrected chi connectivity index (χ4v) is 1.07. The topological polar surface area (TPSA) is 95.7 Å². The van der Waals surface area contributed by atoms with Crippen LogP contribution in [0.5, 0.6) is 5.88 Å². The molecule has 0 aromatic carbocycles. The van der Waals surface area contributed by atoms with Gasteiger partial charge in [-0.3, -0.25) is 0 Å². The van der Waals surface area contributed by atoms with Gasteiger partial charge < -0.3 is 10.5 Å². The number of alkyl halides is 3. The minimum absolute atomic E-state index is 0.0679. The van der Waals surface area contributed by atoms with E-state index in [-0.39, 0.29) is 17.7 Å². The van der Waals surface area contributed by atoms with Gasteiger partial charge in [0, 0.05) is 6.07 Å². The smallest absolute Gasteiger partial charge is 0.396 e. The van der Waals surface area contributed by atoms with Crippen molar-refractivity contribution in [3.05, 3.63) is 17.3 Å². The highest BCUT2D eigenvalue weighted by molar-refractivity contribution is 5.58. The van der Waals surface area contributed by atoms with Crippen LogP contribution in [-0.4, -0.2) is 11.3 Å². The minimum atomic E-state index is -4.92. The molecule has 0 spiro atoms. The number of nitrogen functional groups attached to an aromatic ring is 1. The molecule has 8 heteroatoms. The molecule has 1 rings (SSSR count). The number of nitrogens with two attached hydrogens (primary N) is 1. The summed E-state index contributed by atoms with van der Waals surface area (Å²) < 4.78 is 39.4. The third-order valence-electron chi connectivity index (χ3n) is 1.72. The molecule has 0 atom stereocenters. The molecule has 0 aliphatic heterocycles. The predicted octanol–water partition coefficient (Wildman–Crippen LogP) is 1.50. The first-order valence-corrected chi connectivity index (χ1v) is 4.19. The lowest BCUT2D eigenvalue weighted by molar-refractivity contribution is -0.276. The summed E-state index contributed by atoms with van der Waals surface area (Å²) in [5, 5.41) is 17.1. The highest BCUT2D eigenvalue weighted by Gasteiger charge is 2.32. The average molecular weight is 242 g/mol. The normalized spacial score (nSPS) is 10.4. The van der Waals surface area contributed by atoms with Crippen molar-refractivity contribution < 1.29 is 17.9 Å². The van der Waals surface area contributed by atoms with Gasteiger partial charge in [-0.05, 0) is 5.56 Å². The monoisotopic (exact) mass is 242 g/mol. The molecule has 0 saturated heterocycles. The Kier molecular flexibility index (Phi) is 3.39. The van der Waals surface area contributed by atoms with E-state index in [2.05, 4.69) is 9.72 Å². The Morgan fingerprint density at radius 1 is 1.41 bits per heavy atom. The number of halogens is 3. The Bertz CT molecular complexity index is 513. The second-order valence-corrected chi connectivity index (χ2v) is 2.88. The Balaban J connectivity index is 3.22. The van der Waals surface area contributed by atoms with E-state index in [9.17, 15) is 13.2 Å². The van der Waals surface area contributed by atoms with Gasteiger partial charge in [-0.1, -0.05) is 0 Å². The van der Waals surface area contributed by atoms with Crippen LogP contribution in [0.2, 0.25) is 0 Å². The van der Waals surface area contributed by atoms with Gasteiger partial charge in [-0.15, -0.1) is 13.2 Å². The van der Waals surface area contributed by atoms with Gasteiger partial charge in [0.25, 0.3) is 0 Å². The van der Waals surface area contributed by atoms with Gasteiger partial charge in [0.05, 0.1) is 18.2 Å². The molecule has 5 nitrogen and oxygen atoms in total. The largest absolute Gasteiger partial charge is 0.574 e. The molecule has 0 saturated carbocycles. The van der Waals surface area contributed by atoms with Crippen molar-refractivity contribution in [1.82, 2.24) is 4.98 Å². The zero-order valence-corrected chi connectivity index (χ0v) is 8.25. The highest BCUT2D eigenvalue weighted by Crippen LogP contribution is 2.26. The van der Waals surface area contributed by atoms with Crippen molar-refractivity contribution in [2.45, 2.75) is 12.8 Å². The standard InChI is InChI=1S/C9H5F3N4O/c10-9(11,12)17-7-3-5(1-2-13)8(15)6(4-14)16-7/h3H,1,15H2. The second-order valence-electron chi connectivity index (χ2n) is 2.88. The van der Waals surface area contributed by atoms with E-state index in [1.165, 1.54) is 6.07 Å². The Morgan fingerprint density at radius 2 is 2.06 bits per heavy atom. The van der Waals surface area contributed by atoms with Gasteiger partial charge in [0.2, 0.25) is 5.88 Å². The number of anilines is 1. The molecule has 0 aliphatic rings. The summed E-state index contributed by atoms with van der Waals surface area (Å²) in [4.78, 5) is 3.28. The summed E-state index contributed by atoms with van der Waals surface area (Å²) >= 11 is 0. The van der Waals surface area contributed by atoms with E-state index < -0.39 is 17.9 Å². The lowest BCUT2D eigenvalue weighted by Gasteiger charge is -2.10. The number of pyridine rings is 1. The van der Waals surface area contributed by atoms with E-state index in [4.69, 9.17) is 16.3 Å². The summed E-state index contributed by atoms with van der Waals surface area (Å²) in [5.74, 6) is -0.812. The third-order valence-corrected chi connectivity index (χ3v) is 1.72. The predicted molar refractivity (Wildman–Crippen MR) is 49.4 cm³/mol. The maximum Gasteiger partial charge on any atom is 0.574 e. The second kappa shape index (κ2) is 4.58. The van der Waals surface area contributed by atoms with Crippen molar-refractivity contribution in [1.29, 1.82) is 10.5 Å². The summed E-state index contributed by atoms with van der Waals surface area (Å²) in [6, 6.07) is 4.12. The SMILES string of the molecule is N#CCc1cc(OC(F)(F)F)nc(C#N)c1N. The fraction of sp³-hybridized carbons (Fsp3) is 0.222. The number of rotatable bonds is 2. The first kappa shape index (κ1) is 12.6. The van der Waals surface area contributed by atoms with Crippen molar-refractivity contribution >= 4 is 5.69 Å². The highest BCUT2D eigenvalue weighted by atomic mass is 19.4. The van der Waals surface area contributed by atoms with Crippen LogP contribution >= 0.6 is 0 Å². The molecule has 1 aromatic rings. The number of hydrogen-bond donors (Lipinski definition) is 1. The first-order chi connectivity index (χ1) is 7.87. The number of ether oxygens (including phenoxy) is 1. The molecule has 0 fully saturated rings. The lowest BCUT2D eigenvalue weighted by atomic mass is 10.1. The fourth-order valence-electron chi connectivity index (χ4n) is 1.07. The summed E-state index contributed by atoms with van der Waals surface area (Å²) in [6.07, 6.45) is -5.16. The average Bonchev–Trinajstić information content (AvgIpc) is 2.20. The van der Waals surface area contributed by atoms with Crippen molar-refractivity contribution in [3.8, 4) is 18.0 Å². The number of aromatic nitrogens is 1. The molecular formula is C9H5F3N4O. The molecular weight excluding hydrogens is 237 g/mol. The van der Waals surface area contributed by atoms with Crippen LogP contribution < -0.4 is 10.5 Å². The number of nitrogens with zero attached hydrogens (tertiary/aromatic N) is 3. The summed E-state index contributed by atoms with van der Waals surface area (Å²) in [5.41, 5.74) is 4.98. The molecule has 2 N–H and O–H groups in total.